The number of benzene rings is 1. The van der Waals surface area contributed by atoms with E-state index in [1.165, 1.54) is 4.88 Å². The van der Waals surface area contributed by atoms with Crippen LogP contribution in [0, 0.1) is 0 Å². The van der Waals surface area contributed by atoms with Crippen molar-refractivity contribution in [3.63, 3.8) is 0 Å². The zero-order valence-electron chi connectivity index (χ0n) is 17.9. The molecule has 0 N–H and O–H groups in total. The topological polar surface area (TPSA) is 59.7 Å². The number of hydrogen-bond acceptors (Lipinski definition) is 5. The zero-order valence-corrected chi connectivity index (χ0v) is 18.7. The smallest absolute Gasteiger partial charge is 0.259 e. The second-order valence-corrected chi connectivity index (χ2v) is 9.17. The van der Waals surface area contributed by atoms with E-state index in [1.807, 2.05) is 29.3 Å². The molecule has 6 nitrogen and oxygen atoms in total. The van der Waals surface area contributed by atoms with Gasteiger partial charge >= 0.3 is 0 Å². The van der Waals surface area contributed by atoms with Crippen LogP contribution in [-0.4, -0.2) is 38.1 Å². The van der Waals surface area contributed by atoms with Crippen LogP contribution in [0.15, 0.2) is 66.4 Å². The molecule has 4 aromatic rings. The first-order chi connectivity index (χ1) is 15.8. The summed E-state index contributed by atoms with van der Waals surface area (Å²) in [5, 5.41) is 6.40. The summed E-state index contributed by atoms with van der Waals surface area (Å²) in [6.07, 6.45) is 10.4. The lowest BCUT2D eigenvalue weighted by atomic mass is 10.1. The normalized spacial score (nSPS) is 14.1. The number of rotatable bonds is 8. The first-order valence-corrected chi connectivity index (χ1v) is 12.0. The van der Waals surface area contributed by atoms with Crippen LogP contribution in [0.3, 0.4) is 0 Å². The fourth-order valence-corrected chi connectivity index (χ4v) is 5.06. The van der Waals surface area contributed by atoms with Gasteiger partial charge < -0.3 is 9.64 Å². The Balaban J connectivity index is 1.33. The van der Waals surface area contributed by atoms with Gasteiger partial charge in [-0.05, 0) is 48.1 Å². The molecule has 1 saturated carbocycles. The maximum absolute atomic E-state index is 13.6. The highest BCUT2D eigenvalue weighted by atomic mass is 32.1. The minimum absolute atomic E-state index is 0.00498. The van der Waals surface area contributed by atoms with Gasteiger partial charge in [0.15, 0.2) is 5.65 Å². The number of hydrogen-bond donors (Lipinski definition) is 0. The molecule has 5 rings (SSSR count). The van der Waals surface area contributed by atoms with Crippen molar-refractivity contribution in [1.29, 1.82) is 0 Å². The minimum Gasteiger partial charge on any atom is -0.493 e. The summed E-state index contributed by atoms with van der Waals surface area (Å²) in [5.74, 6) is 0.838. The minimum atomic E-state index is -0.00498. The lowest BCUT2D eigenvalue weighted by molar-refractivity contribution is 0.0666. The highest BCUT2D eigenvalue weighted by Crippen LogP contribution is 2.28. The Morgan fingerprint density at radius 3 is 2.94 bits per heavy atom. The van der Waals surface area contributed by atoms with Crippen LogP contribution in [-0.2, 0) is 13.0 Å². The second-order valence-electron chi connectivity index (χ2n) is 8.14. The third-order valence-corrected chi connectivity index (χ3v) is 6.92. The third-order valence-electron chi connectivity index (χ3n) is 5.98. The van der Waals surface area contributed by atoms with Crippen molar-refractivity contribution < 1.29 is 9.53 Å². The molecule has 0 aliphatic heterocycles. The molecule has 0 spiro atoms. The van der Waals surface area contributed by atoms with E-state index in [1.54, 1.807) is 28.2 Å². The summed E-state index contributed by atoms with van der Waals surface area (Å²) in [6.45, 7) is 1.19. The van der Waals surface area contributed by atoms with Gasteiger partial charge in [-0.3, -0.25) is 4.79 Å². The number of amides is 1. The number of thiophene rings is 1. The fraction of sp³-hybridized carbons (Fsp3) is 0.320. The molecule has 1 amide bonds. The maximum atomic E-state index is 13.6. The number of aromatic nitrogens is 3. The molecule has 3 aromatic heterocycles. The van der Waals surface area contributed by atoms with Crippen LogP contribution in [0.5, 0.6) is 5.75 Å². The molecular formula is C25H26N4O2S. The van der Waals surface area contributed by atoms with Gasteiger partial charge in [0.05, 0.1) is 12.8 Å². The summed E-state index contributed by atoms with van der Waals surface area (Å²) in [4.78, 5) is 21.3. The van der Waals surface area contributed by atoms with Crippen molar-refractivity contribution in [1.82, 2.24) is 19.5 Å². The van der Waals surface area contributed by atoms with Gasteiger partial charge in [0.25, 0.3) is 5.91 Å². The standard InChI is InChI=1S/C25H26N4O2S/c30-25(23-17-27-29-13-5-12-26-24(23)29)28(20-7-1-2-8-20)18-19-6-3-9-21(16-19)31-14-11-22-10-4-15-32-22/h3-6,9-10,12-13,15-17,20H,1-2,7-8,11,14,18H2. The Bertz CT molecular complexity index is 1180. The molecule has 7 heteroatoms. The van der Waals surface area contributed by atoms with E-state index in [0.717, 1.165) is 43.4 Å². The van der Waals surface area contributed by atoms with Crippen molar-refractivity contribution in [3.8, 4) is 5.75 Å². The number of ether oxygens (including phenoxy) is 1. The van der Waals surface area contributed by atoms with Gasteiger partial charge in [0.1, 0.15) is 11.3 Å². The summed E-state index contributed by atoms with van der Waals surface area (Å²) in [5.41, 5.74) is 2.23. The molecule has 0 atom stereocenters. The lowest BCUT2D eigenvalue weighted by Gasteiger charge is -2.29. The predicted molar refractivity (Wildman–Crippen MR) is 125 cm³/mol. The molecule has 1 aliphatic carbocycles. The van der Waals surface area contributed by atoms with Crippen LogP contribution in [0.1, 0.15) is 46.5 Å². The van der Waals surface area contributed by atoms with Crippen LogP contribution in [0.4, 0.5) is 0 Å². The fourth-order valence-electron chi connectivity index (χ4n) is 4.37. The van der Waals surface area contributed by atoms with Gasteiger partial charge in [-0.25, -0.2) is 9.50 Å². The van der Waals surface area contributed by atoms with Crippen LogP contribution >= 0.6 is 11.3 Å². The Kier molecular flexibility index (Phi) is 6.16. The van der Waals surface area contributed by atoms with E-state index in [2.05, 4.69) is 39.7 Å². The van der Waals surface area contributed by atoms with Gasteiger partial charge in [-0.2, -0.15) is 5.10 Å². The van der Waals surface area contributed by atoms with Crippen molar-refractivity contribution in [2.45, 2.75) is 44.7 Å². The number of carbonyl (C=O) groups is 1. The highest BCUT2D eigenvalue weighted by molar-refractivity contribution is 7.09. The quantitative estimate of drug-likeness (QED) is 0.382. The summed E-state index contributed by atoms with van der Waals surface area (Å²) in [6, 6.07) is 14.4. The Morgan fingerprint density at radius 1 is 1.19 bits per heavy atom. The van der Waals surface area contributed by atoms with Crippen molar-refractivity contribution >= 4 is 22.9 Å². The van der Waals surface area contributed by atoms with E-state index in [0.29, 0.717) is 24.4 Å². The van der Waals surface area contributed by atoms with E-state index in [4.69, 9.17) is 4.74 Å². The summed E-state index contributed by atoms with van der Waals surface area (Å²) >= 11 is 1.75. The van der Waals surface area contributed by atoms with Crippen molar-refractivity contribution in [3.05, 3.63) is 82.4 Å². The van der Waals surface area contributed by atoms with Crippen molar-refractivity contribution in [2.24, 2.45) is 0 Å². The molecular weight excluding hydrogens is 420 g/mol. The van der Waals surface area contributed by atoms with Crippen LogP contribution in [0.25, 0.3) is 5.65 Å². The average molecular weight is 447 g/mol. The maximum Gasteiger partial charge on any atom is 0.259 e. The molecule has 1 aromatic carbocycles. The molecule has 0 radical (unpaired) electrons. The number of fused-ring (bicyclic) bond motifs is 1. The molecule has 0 bridgehead atoms. The zero-order chi connectivity index (χ0) is 21.8. The van der Waals surface area contributed by atoms with E-state index >= 15 is 0 Å². The first kappa shape index (κ1) is 20.7. The SMILES string of the molecule is O=C(c1cnn2cccnc12)N(Cc1cccc(OCCc2cccs2)c1)C1CCCC1. The molecule has 1 fully saturated rings. The monoisotopic (exact) mass is 446 g/mol. The van der Waals surface area contributed by atoms with Gasteiger partial charge in [-0.15, -0.1) is 11.3 Å². The van der Waals surface area contributed by atoms with Gasteiger partial charge in [-0.1, -0.05) is 31.0 Å². The van der Waals surface area contributed by atoms with Gasteiger partial charge in [0, 0.05) is 36.3 Å². The number of carbonyl (C=O) groups excluding carboxylic acids is 1. The van der Waals surface area contributed by atoms with Crippen LogP contribution in [0.2, 0.25) is 0 Å². The summed E-state index contributed by atoms with van der Waals surface area (Å²) < 4.78 is 7.65. The predicted octanol–water partition coefficient (Wildman–Crippen LogP) is 5.00. The van der Waals surface area contributed by atoms with E-state index in [-0.39, 0.29) is 11.9 Å². The molecule has 164 valence electrons. The lowest BCUT2D eigenvalue weighted by Crippen LogP contribution is -2.38. The van der Waals surface area contributed by atoms with E-state index < -0.39 is 0 Å². The Hall–Kier alpha value is -3.19. The summed E-state index contributed by atoms with van der Waals surface area (Å²) in [7, 11) is 0. The van der Waals surface area contributed by atoms with Crippen LogP contribution < -0.4 is 4.74 Å². The molecule has 1 aliphatic rings. The third kappa shape index (κ3) is 4.53. The molecule has 3 heterocycles. The second kappa shape index (κ2) is 9.53. The van der Waals surface area contributed by atoms with E-state index in [9.17, 15) is 4.79 Å². The Morgan fingerprint density at radius 2 is 2.09 bits per heavy atom. The highest BCUT2D eigenvalue weighted by Gasteiger charge is 2.29. The Labute approximate surface area is 191 Å². The van der Waals surface area contributed by atoms with Crippen molar-refractivity contribution in [2.75, 3.05) is 6.61 Å². The largest absolute Gasteiger partial charge is 0.493 e. The van der Waals surface area contributed by atoms with Gasteiger partial charge in [0.2, 0.25) is 0 Å². The first-order valence-electron chi connectivity index (χ1n) is 11.1. The molecule has 0 unspecified atom stereocenters. The average Bonchev–Trinajstić information content (AvgIpc) is 3.59. The number of nitrogens with zero attached hydrogens (tertiary/aromatic N) is 4. The molecule has 0 saturated heterocycles. The molecule has 32 heavy (non-hydrogen) atoms.